The van der Waals surface area contributed by atoms with Gasteiger partial charge in [0.2, 0.25) is 5.79 Å². The van der Waals surface area contributed by atoms with Crippen LogP contribution in [-0.2, 0) is 23.7 Å². The first-order valence-corrected chi connectivity index (χ1v) is 15.8. The van der Waals surface area contributed by atoms with Gasteiger partial charge in [-0.25, -0.2) is 0 Å². The third-order valence-electron chi connectivity index (χ3n) is 8.03. The minimum Gasteiger partial charge on any atom is -0.405 e. The standard InChI is InChI=1S/C30H54O13/c1-2-3-4-5-6-7-8-9-10-11-12-13-14-15-16-17-23(34)42-30(28(39)26(37)24(35)21(18-31)41-30)43-29(20-33)27(38)25(36)22(19-32)40-29/h9-10,21-22,24-28,31-33,35-39H,2-8,11-20H2,1H3/b10-9+/t21-,22-,24-,25-,26+,27+,28-,29?,30+/m1/s1. The molecule has 2 saturated heterocycles. The molecule has 13 heteroatoms. The highest BCUT2D eigenvalue weighted by molar-refractivity contribution is 5.69. The van der Waals surface area contributed by atoms with Crippen LogP contribution in [0.3, 0.4) is 0 Å². The molecule has 1 unspecified atom stereocenters. The van der Waals surface area contributed by atoms with E-state index in [0.29, 0.717) is 12.8 Å². The fraction of sp³-hybridized carbons (Fsp3) is 0.900. The molecule has 2 rings (SSSR count). The van der Waals surface area contributed by atoms with Crippen LogP contribution in [0.25, 0.3) is 0 Å². The zero-order valence-electron chi connectivity index (χ0n) is 25.3. The van der Waals surface area contributed by atoms with Gasteiger partial charge in [0, 0.05) is 6.42 Å². The molecule has 2 aliphatic rings. The largest absolute Gasteiger partial charge is 0.405 e. The van der Waals surface area contributed by atoms with E-state index in [2.05, 4.69) is 19.1 Å². The number of unbranched alkanes of at least 4 members (excludes halogenated alkanes) is 11. The summed E-state index contributed by atoms with van der Waals surface area (Å²) in [6.07, 6.45) is 5.23. The van der Waals surface area contributed by atoms with Crippen molar-refractivity contribution in [1.82, 2.24) is 0 Å². The van der Waals surface area contributed by atoms with Gasteiger partial charge < -0.3 is 55.1 Å². The van der Waals surface area contributed by atoms with Crippen molar-refractivity contribution in [3.63, 3.8) is 0 Å². The number of carbonyl (C=O) groups is 1. The van der Waals surface area contributed by atoms with Crippen molar-refractivity contribution in [1.29, 1.82) is 0 Å². The molecule has 0 amide bonds. The third-order valence-corrected chi connectivity index (χ3v) is 8.03. The lowest BCUT2D eigenvalue weighted by molar-refractivity contribution is -0.498. The Labute approximate surface area is 254 Å². The van der Waals surface area contributed by atoms with Gasteiger partial charge in [-0.2, -0.15) is 0 Å². The van der Waals surface area contributed by atoms with E-state index in [-0.39, 0.29) is 6.42 Å². The number of carbonyl (C=O) groups excluding carboxylic acids is 1. The summed E-state index contributed by atoms with van der Waals surface area (Å²) >= 11 is 0. The second kappa shape index (κ2) is 19.3. The summed E-state index contributed by atoms with van der Waals surface area (Å²) in [6, 6.07) is 0. The molecule has 2 aliphatic heterocycles. The predicted octanol–water partition coefficient (Wildman–Crippen LogP) is 0.513. The molecule has 9 atom stereocenters. The van der Waals surface area contributed by atoms with Crippen LogP contribution in [0.4, 0.5) is 0 Å². The molecule has 2 heterocycles. The average molecular weight is 623 g/mol. The monoisotopic (exact) mass is 622 g/mol. The maximum absolute atomic E-state index is 12.8. The third kappa shape index (κ3) is 10.7. The number of ether oxygens (including phenoxy) is 4. The van der Waals surface area contributed by atoms with Crippen LogP contribution in [0.1, 0.15) is 96.8 Å². The van der Waals surface area contributed by atoms with E-state index in [1.807, 2.05) is 0 Å². The first kappa shape index (κ1) is 38.0. The van der Waals surface area contributed by atoms with Crippen molar-refractivity contribution in [3.8, 4) is 0 Å². The number of allylic oxidation sites excluding steroid dienone is 2. The van der Waals surface area contributed by atoms with Gasteiger partial charge in [-0.1, -0.05) is 70.4 Å². The Morgan fingerprint density at radius 1 is 0.698 bits per heavy atom. The summed E-state index contributed by atoms with van der Waals surface area (Å²) in [4.78, 5) is 12.8. The van der Waals surface area contributed by atoms with Crippen molar-refractivity contribution in [2.45, 2.75) is 151 Å². The van der Waals surface area contributed by atoms with Crippen LogP contribution in [0.5, 0.6) is 0 Å². The highest BCUT2D eigenvalue weighted by atomic mass is 16.9. The second-order valence-corrected chi connectivity index (χ2v) is 11.5. The zero-order valence-corrected chi connectivity index (χ0v) is 25.3. The maximum Gasteiger partial charge on any atom is 0.362 e. The minimum atomic E-state index is -2.96. The fourth-order valence-electron chi connectivity index (χ4n) is 5.34. The number of esters is 1. The molecule has 0 aromatic rings. The highest BCUT2D eigenvalue weighted by Crippen LogP contribution is 2.41. The van der Waals surface area contributed by atoms with Gasteiger partial charge in [0.1, 0.15) is 43.2 Å². The summed E-state index contributed by atoms with van der Waals surface area (Å²) in [7, 11) is 0. The predicted molar refractivity (Wildman–Crippen MR) is 153 cm³/mol. The minimum absolute atomic E-state index is 0.140. The molecular weight excluding hydrogens is 568 g/mol. The topological polar surface area (TPSA) is 216 Å². The van der Waals surface area contributed by atoms with Gasteiger partial charge in [-0.3, -0.25) is 9.53 Å². The van der Waals surface area contributed by atoms with Crippen molar-refractivity contribution in [2.24, 2.45) is 0 Å². The van der Waals surface area contributed by atoms with Gasteiger partial charge >= 0.3 is 11.9 Å². The molecule has 0 bridgehead atoms. The van der Waals surface area contributed by atoms with Crippen molar-refractivity contribution >= 4 is 5.97 Å². The van der Waals surface area contributed by atoms with E-state index in [0.717, 1.165) is 32.1 Å². The maximum atomic E-state index is 12.8. The Bertz CT molecular complexity index is 811. The lowest BCUT2D eigenvalue weighted by atomic mass is 9.97. The lowest BCUT2D eigenvalue weighted by Gasteiger charge is -2.49. The van der Waals surface area contributed by atoms with Gasteiger partial charge in [-0.15, -0.1) is 0 Å². The molecule has 0 aromatic carbocycles. The molecular formula is C30H54O13. The van der Waals surface area contributed by atoms with E-state index in [9.17, 15) is 45.6 Å². The highest BCUT2D eigenvalue weighted by Gasteiger charge is 2.65. The van der Waals surface area contributed by atoms with E-state index in [4.69, 9.17) is 18.9 Å². The van der Waals surface area contributed by atoms with Crippen LogP contribution in [0, 0.1) is 0 Å². The van der Waals surface area contributed by atoms with Gasteiger partial charge in [0.15, 0.2) is 6.10 Å². The summed E-state index contributed by atoms with van der Waals surface area (Å²) in [5.41, 5.74) is 0. The molecule has 0 spiro atoms. The number of rotatable bonds is 21. The van der Waals surface area contributed by atoms with E-state index < -0.39 is 80.3 Å². The Kier molecular flexibility index (Phi) is 17.1. The zero-order chi connectivity index (χ0) is 31.9. The Morgan fingerprint density at radius 2 is 1.23 bits per heavy atom. The summed E-state index contributed by atoms with van der Waals surface area (Å²) in [5.74, 6) is -6.46. The van der Waals surface area contributed by atoms with Crippen molar-refractivity contribution in [2.75, 3.05) is 19.8 Å². The SMILES string of the molecule is CCCCCCCC/C=C/CCCCCCCC(=O)O[C@@]1(OC2(CO)O[C@H](CO)[C@@H](O)[C@@H]2O)O[C@H](CO)[C@@H](O)[C@H](O)[C@H]1O. The van der Waals surface area contributed by atoms with Crippen LogP contribution in [0.15, 0.2) is 12.2 Å². The molecule has 13 nitrogen and oxygen atoms in total. The summed E-state index contributed by atoms with van der Waals surface area (Å²) in [6.45, 7) is -0.615. The van der Waals surface area contributed by atoms with Crippen molar-refractivity contribution < 1.29 is 64.6 Å². The molecule has 0 saturated carbocycles. The molecule has 8 N–H and O–H groups in total. The van der Waals surface area contributed by atoms with Crippen LogP contribution >= 0.6 is 0 Å². The van der Waals surface area contributed by atoms with E-state index in [1.54, 1.807) is 0 Å². The fourth-order valence-corrected chi connectivity index (χ4v) is 5.34. The van der Waals surface area contributed by atoms with Crippen LogP contribution < -0.4 is 0 Å². The molecule has 43 heavy (non-hydrogen) atoms. The molecule has 0 aliphatic carbocycles. The van der Waals surface area contributed by atoms with Gasteiger partial charge in [0.25, 0.3) is 0 Å². The van der Waals surface area contributed by atoms with E-state index >= 15 is 0 Å². The van der Waals surface area contributed by atoms with Crippen LogP contribution in [-0.4, -0.2) is 121 Å². The summed E-state index contributed by atoms with van der Waals surface area (Å²) < 4.78 is 21.7. The molecule has 0 radical (unpaired) electrons. The Morgan fingerprint density at radius 3 is 1.77 bits per heavy atom. The smallest absolute Gasteiger partial charge is 0.362 e. The molecule has 2 fully saturated rings. The Balaban J connectivity index is 1.88. The van der Waals surface area contributed by atoms with Gasteiger partial charge in [-0.05, 0) is 32.1 Å². The average Bonchev–Trinajstić information content (AvgIpc) is 3.24. The number of hydrogen-bond acceptors (Lipinski definition) is 13. The van der Waals surface area contributed by atoms with Crippen LogP contribution in [0.2, 0.25) is 0 Å². The molecule has 0 aromatic heterocycles. The summed E-state index contributed by atoms with van der Waals surface area (Å²) in [5, 5.41) is 81.4. The molecule has 252 valence electrons. The van der Waals surface area contributed by atoms with Gasteiger partial charge in [0.05, 0.1) is 13.2 Å². The second-order valence-electron chi connectivity index (χ2n) is 11.5. The first-order valence-electron chi connectivity index (χ1n) is 15.8. The van der Waals surface area contributed by atoms with E-state index in [1.165, 1.54) is 38.5 Å². The first-order chi connectivity index (χ1) is 20.6. The Hall–Kier alpha value is -1.23. The normalized spacial score (nSPS) is 34.7. The lowest BCUT2D eigenvalue weighted by Crippen LogP contribution is -2.70. The quantitative estimate of drug-likeness (QED) is 0.0380. The number of aliphatic hydroxyl groups excluding tert-OH is 8. The van der Waals surface area contributed by atoms with Crippen molar-refractivity contribution in [3.05, 3.63) is 12.2 Å². The number of aliphatic hydroxyl groups is 8. The number of hydrogen-bond donors (Lipinski definition) is 8.